The third-order valence-corrected chi connectivity index (χ3v) is 4.77. The first kappa shape index (κ1) is 26.0. The lowest BCUT2D eigenvalue weighted by atomic mass is 10.0. The number of nitrogens with zero attached hydrogens (tertiary/aromatic N) is 1. The highest BCUT2D eigenvalue weighted by atomic mass is 79.9. The number of ketones is 1. The molecule has 0 aliphatic carbocycles. The number of amides is 2. The van der Waals surface area contributed by atoms with E-state index in [-0.39, 0.29) is 29.9 Å². The number of hydrogen-bond donors (Lipinski definition) is 2. The molecule has 1 aromatic heterocycles. The number of alkyl carbamates (subject to hydrolysis) is 1. The molecule has 0 saturated heterocycles. The van der Waals surface area contributed by atoms with Crippen LogP contribution < -0.4 is 10.6 Å². The van der Waals surface area contributed by atoms with E-state index in [2.05, 4.69) is 36.3 Å². The molecule has 2 aromatic rings. The Balaban J connectivity index is 2.27. The molecule has 2 N–H and O–H groups in total. The van der Waals surface area contributed by atoms with E-state index < -0.39 is 29.6 Å². The van der Waals surface area contributed by atoms with Crippen molar-refractivity contribution in [2.24, 2.45) is 0 Å². The van der Waals surface area contributed by atoms with Gasteiger partial charge >= 0.3 is 12.1 Å². The van der Waals surface area contributed by atoms with Gasteiger partial charge in [0.05, 0.1) is 12.8 Å². The van der Waals surface area contributed by atoms with Gasteiger partial charge in [-0.25, -0.2) is 4.79 Å². The minimum absolute atomic E-state index is 0.0276. The van der Waals surface area contributed by atoms with Crippen LogP contribution in [0, 0.1) is 0 Å². The van der Waals surface area contributed by atoms with Gasteiger partial charge in [0.2, 0.25) is 5.91 Å². The van der Waals surface area contributed by atoms with Crippen molar-refractivity contribution in [3.05, 3.63) is 58.3 Å². The number of carbonyl (C=O) groups is 4. The number of esters is 1. The van der Waals surface area contributed by atoms with E-state index in [4.69, 9.17) is 4.74 Å². The van der Waals surface area contributed by atoms with E-state index in [0.717, 1.165) is 0 Å². The summed E-state index contributed by atoms with van der Waals surface area (Å²) in [6, 6.07) is 6.96. The molecule has 2 rings (SSSR count). The van der Waals surface area contributed by atoms with Gasteiger partial charge < -0.3 is 20.1 Å². The average Bonchev–Trinajstić information content (AvgIpc) is 2.76. The number of hydrogen-bond acceptors (Lipinski definition) is 7. The second-order valence-electron chi connectivity index (χ2n) is 8.06. The monoisotopic (exact) mass is 519 g/mol. The fourth-order valence-electron chi connectivity index (χ4n) is 2.77. The molecule has 2 amide bonds. The molecule has 0 radical (unpaired) electrons. The SMILES string of the molecule is COC(=O)CCC(NC(=O)OC(C)(C)C)C(=O)Nc1ccc(Br)cc1C(=O)c1cccnc1. The smallest absolute Gasteiger partial charge is 0.408 e. The van der Waals surface area contributed by atoms with Crippen molar-refractivity contribution in [2.75, 3.05) is 12.4 Å². The van der Waals surface area contributed by atoms with Crippen molar-refractivity contribution >= 4 is 45.4 Å². The fourth-order valence-corrected chi connectivity index (χ4v) is 3.13. The zero-order chi connectivity index (χ0) is 24.6. The molecule has 0 bridgehead atoms. The normalized spacial score (nSPS) is 11.8. The maximum atomic E-state index is 13.0. The number of ether oxygens (including phenoxy) is 2. The summed E-state index contributed by atoms with van der Waals surface area (Å²) in [6.07, 6.45) is 2.04. The van der Waals surface area contributed by atoms with Crippen LogP contribution in [0.3, 0.4) is 0 Å². The highest BCUT2D eigenvalue weighted by Crippen LogP contribution is 2.24. The van der Waals surface area contributed by atoms with Crippen LogP contribution in [0.2, 0.25) is 0 Å². The topological polar surface area (TPSA) is 124 Å². The number of rotatable bonds is 8. The minimum Gasteiger partial charge on any atom is -0.469 e. The fraction of sp³-hybridized carbons (Fsp3) is 0.348. The third-order valence-electron chi connectivity index (χ3n) is 4.28. The highest BCUT2D eigenvalue weighted by molar-refractivity contribution is 9.10. The van der Waals surface area contributed by atoms with E-state index >= 15 is 0 Å². The van der Waals surface area contributed by atoms with Gasteiger partial charge in [-0.05, 0) is 57.5 Å². The van der Waals surface area contributed by atoms with Crippen molar-refractivity contribution in [3.63, 3.8) is 0 Å². The van der Waals surface area contributed by atoms with Gasteiger partial charge in [-0.1, -0.05) is 15.9 Å². The first-order valence-electron chi connectivity index (χ1n) is 10.1. The molecule has 9 nitrogen and oxygen atoms in total. The number of benzene rings is 1. The van der Waals surface area contributed by atoms with Crippen molar-refractivity contribution in [1.82, 2.24) is 10.3 Å². The molecule has 1 atom stereocenters. The van der Waals surface area contributed by atoms with E-state index in [9.17, 15) is 19.2 Å². The third kappa shape index (κ3) is 8.30. The molecular formula is C23H26BrN3O6. The second kappa shape index (κ2) is 11.6. The summed E-state index contributed by atoms with van der Waals surface area (Å²) in [5.74, 6) is -1.49. The molecule has 1 unspecified atom stereocenters. The van der Waals surface area contributed by atoms with Gasteiger partial charge in [0.15, 0.2) is 5.78 Å². The van der Waals surface area contributed by atoms with Crippen molar-refractivity contribution in [3.8, 4) is 0 Å². The van der Waals surface area contributed by atoms with Crippen LogP contribution in [0.5, 0.6) is 0 Å². The lowest BCUT2D eigenvalue weighted by molar-refractivity contribution is -0.140. The predicted molar refractivity (Wildman–Crippen MR) is 125 cm³/mol. The Labute approximate surface area is 200 Å². The zero-order valence-electron chi connectivity index (χ0n) is 18.8. The number of halogens is 1. The maximum Gasteiger partial charge on any atom is 0.408 e. The Bertz CT molecular complexity index is 1020. The Kier molecular flexibility index (Phi) is 9.10. The molecule has 1 heterocycles. The summed E-state index contributed by atoms with van der Waals surface area (Å²) in [7, 11) is 1.23. The summed E-state index contributed by atoms with van der Waals surface area (Å²) >= 11 is 3.34. The van der Waals surface area contributed by atoms with Crippen molar-refractivity contribution < 1.29 is 28.7 Å². The average molecular weight is 520 g/mol. The largest absolute Gasteiger partial charge is 0.469 e. The maximum absolute atomic E-state index is 13.0. The number of carbonyl (C=O) groups excluding carboxylic acids is 4. The van der Waals surface area contributed by atoms with Gasteiger partial charge in [0.25, 0.3) is 0 Å². The second-order valence-corrected chi connectivity index (χ2v) is 8.98. The Morgan fingerprint density at radius 1 is 1.15 bits per heavy atom. The van der Waals surface area contributed by atoms with Gasteiger partial charge in [0, 0.05) is 34.4 Å². The summed E-state index contributed by atoms with van der Waals surface area (Å²) in [4.78, 5) is 53.8. The lowest BCUT2D eigenvalue weighted by Crippen LogP contribution is -2.46. The van der Waals surface area contributed by atoms with E-state index in [1.54, 1.807) is 57.3 Å². The Morgan fingerprint density at radius 3 is 2.48 bits per heavy atom. The van der Waals surface area contributed by atoms with E-state index in [1.807, 2.05) is 0 Å². The van der Waals surface area contributed by atoms with Gasteiger partial charge in [-0.15, -0.1) is 0 Å². The van der Waals surface area contributed by atoms with Crippen LogP contribution in [-0.4, -0.2) is 47.5 Å². The van der Waals surface area contributed by atoms with Gasteiger partial charge in [-0.2, -0.15) is 0 Å². The lowest BCUT2D eigenvalue weighted by Gasteiger charge is -2.23. The Morgan fingerprint density at radius 2 is 1.88 bits per heavy atom. The summed E-state index contributed by atoms with van der Waals surface area (Å²) < 4.78 is 10.5. The molecule has 0 spiro atoms. The quantitative estimate of drug-likeness (QED) is 0.400. The molecule has 0 aliphatic rings. The summed E-state index contributed by atoms with van der Waals surface area (Å²) in [5, 5.41) is 5.15. The molecule has 176 valence electrons. The molecule has 10 heteroatoms. The Hall–Kier alpha value is -3.27. The minimum atomic E-state index is -1.11. The van der Waals surface area contributed by atoms with Crippen LogP contribution in [0.15, 0.2) is 47.2 Å². The molecule has 1 aromatic carbocycles. The van der Waals surface area contributed by atoms with Crippen LogP contribution in [-0.2, 0) is 19.1 Å². The molecule has 33 heavy (non-hydrogen) atoms. The van der Waals surface area contributed by atoms with Crippen LogP contribution in [0.25, 0.3) is 0 Å². The molecular weight excluding hydrogens is 494 g/mol. The zero-order valence-corrected chi connectivity index (χ0v) is 20.4. The standard InChI is InChI=1S/C23H26BrN3O6/c1-23(2,3)33-22(31)27-18(9-10-19(28)32-4)21(30)26-17-8-7-15(24)12-16(17)20(29)14-6-5-11-25-13-14/h5-8,11-13,18H,9-10H2,1-4H3,(H,26,30)(H,27,31). The summed E-state index contributed by atoms with van der Waals surface area (Å²) in [5.41, 5.74) is 0.0451. The molecule has 0 fully saturated rings. The predicted octanol–water partition coefficient (Wildman–Crippen LogP) is 3.86. The number of methoxy groups -OCH3 is 1. The van der Waals surface area contributed by atoms with Gasteiger partial charge in [0.1, 0.15) is 11.6 Å². The number of nitrogens with one attached hydrogen (secondary N) is 2. The van der Waals surface area contributed by atoms with Crippen molar-refractivity contribution in [1.29, 1.82) is 0 Å². The first-order chi connectivity index (χ1) is 15.5. The van der Waals surface area contributed by atoms with Crippen LogP contribution in [0.1, 0.15) is 49.5 Å². The first-order valence-corrected chi connectivity index (χ1v) is 10.9. The van der Waals surface area contributed by atoms with Crippen molar-refractivity contribution in [2.45, 2.75) is 45.3 Å². The molecule has 0 saturated carbocycles. The number of aromatic nitrogens is 1. The summed E-state index contributed by atoms with van der Waals surface area (Å²) in [6.45, 7) is 5.07. The van der Waals surface area contributed by atoms with Crippen LogP contribution in [0.4, 0.5) is 10.5 Å². The number of anilines is 1. The van der Waals surface area contributed by atoms with E-state index in [1.165, 1.54) is 13.3 Å². The van der Waals surface area contributed by atoms with E-state index in [0.29, 0.717) is 10.0 Å². The van der Waals surface area contributed by atoms with Gasteiger partial charge in [-0.3, -0.25) is 19.4 Å². The highest BCUT2D eigenvalue weighted by Gasteiger charge is 2.26. The number of pyridine rings is 1. The van der Waals surface area contributed by atoms with Crippen LogP contribution >= 0.6 is 15.9 Å². The molecule has 0 aliphatic heterocycles.